The Hall–Kier alpha value is -2.13. The van der Waals surface area contributed by atoms with E-state index < -0.39 is 0 Å². The summed E-state index contributed by atoms with van der Waals surface area (Å²) >= 11 is 0. The summed E-state index contributed by atoms with van der Waals surface area (Å²) in [6.07, 6.45) is 1.93. The van der Waals surface area contributed by atoms with E-state index in [9.17, 15) is 4.79 Å². The zero-order valence-corrected chi connectivity index (χ0v) is 12.3. The maximum atomic E-state index is 12.1. The molecular formula is C18H21NO2. The SMILES string of the molecule is Cc1cccc(CC(=O)Nc2cccc(CCCO)c2)c1. The first-order valence-corrected chi connectivity index (χ1v) is 7.22. The first kappa shape index (κ1) is 15.3. The summed E-state index contributed by atoms with van der Waals surface area (Å²) in [4.78, 5) is 12.1. The molecule has 2 aromatic carbocycles. The molecule has 2 N–H and O–H groups in total. The van der Waals surface area contributed by atoms with Gasteiger partial charge in [0.1, 0.15) is 0 Å². The number of benzene rings is 2. The van der Waals surface area contributed by atoms with Gasteiger partial charge in [-0.05, 0) is 43.0 Å². The number of amides is 1. The minimum atomic E-state index is -0.0140. The van der Waals surface area contributed by atoms with Gasteiger partial charge in [0.25, 0.3) is 0 Å². The largest absolute Gasteiger partial charge is 0.396 e. The van der Waals surface area contributed by atoms with Crippen molar-refractivity contribution in [3.05, 3.63) is 65.2 Å². The zero-order valence-electron chi connectivity index (χ0n) is 12.3. The van der Waals surface area contributed by atoms with Crippen LogP contribution in [0.4, 0.5) is 5.69 Å². The normalized spacial score (nSPS) is 10.4. The molecule has 0 saturated carbocycles. The summed E-state index contributed by atoms with van der Waals surface area (Å²) in [5, 5.41) is 11.8. The summed E-state index contributed by atoms with van der Waals surface area (Å²) in [6.45, 7) is 2.20. The molecule has 0 aliphatic heterocycles. The van der Waals surface area contributed by atoms with Crippen LogP contribution in [0.1, 0.15) is 23.1 Å². The van der Waals surface area contributed by atoms with Crippen LogP contribution in [0.15, 0.2) is 48.5 Å². The molecule has 0 spiro atoms. The van der Waals surface area contributed by atoms with Crippen LogP contribution in [0.5, 0.6) is 0 Å². The van der Waals surface area contributed by atoms with E-state index in [1.165, 1.54) is 0 Å². The van der Waals surface area contributed by atoms with Crippen LogP contribution in [0.2, 0.25) is 0 Å². The number of nitrogens with one attached hydrogen (secondary N) is 1. The molecule has 1 amide bonds. The molecule has 0 aliphatic rings. The van der Waals surface area contributed by atoms with Crippen LogP contribution in [0, 0.1) is 6.92 Å². The molecule has 0 radical (unpaired) electrons. The number of aliphatic hydroxyl groups excluding tert-OH is 1. The van der Waals surface area contributed by atoms with Gasteiger partial charge in [-0.3, -0.25) is 4.79 Å². The van der Waals surface area contributed by atoms with Gasteiger partial charge in [0.2, 0.25) is 5.91 Å². The maximum absolute atomic E-state index is 12.1. The highest BCUT2D eigenvalue weighted by Crippen LogP contribution is 2.13. The molecule has 110 valence electrons. The maximum Gasteiger partial charge on any atom is 0.228 e. The van der Waals surface area contributed by atoms with Gasteiger partial charge in [0, 0.05) is 12.3 Å². The highest BCUT2D eigenvalue weighted by Gasteiger charge is 2.05. The third-order valence-electron chi connectivity index (χ3n) is 3.28. The van der Waals surface area contributed by atoms with Gasteiger partial charge >= 0.3 is 0 Å². The Morgan fingerprint density at radius 1 is 1.10 bits per heavy atom. The molecule has 21 heavy (non-hydrogen) atoms. The second kappa shape index (κ2) is 7.60. The Bertz CT molecular complexity index is 608. The summed E-state index contributed by atoms with van der Waals surface area (Å²) in [7, 11) is 0. The Morgan fingerprint density at radius 3 is 2.62 bits per heavy atom. The fraction of sp³-hybridized carbons (Fsp3) is 0.278. The van der Waals surface area contributed by atoms with E-state index in [0.717, 1.165) is 35.2 Å². The predicted molar refractivity (Wildman–Crippen MR) is 85.4 cm³/mol. The lowest BCUT2D eigenvalue weighted by Gasteiger charge is -2.08. The molecule has 3 heteroatoms. The Kier molecular flexibility index (Phi) is 5.52. The summed E-state index contributed by atoms with van der Waals surface area (Å²) < 4.78 is 0. The monoisotopic (exact) mass is 283 g/mol. The predicted octanol–water partition coefficient (Wildman–Crippen LogP) is 3.10. The minimum Gasteiger partial charge on any atom is -0.396 e. The standard InChI is InChI=1S/C18H21NO2/c1-14-5-2-7-16(11-14)13-18(21)19-17-9-3-6-15(12-17)8-4-10-20/h2-3,5-7,9,11-12,20H,4,8,10,13H2,1H3,(H,19,21). The van der Waals surface area contributed by atoms with E-state index in [0.29, 0.717) is 6.42 Å². The van der Waals surface area contributed by atoms with E-state index >= 15 is 0 Å². The molecule has 0 unspecified atom stereocenters. The highest BCUT2D eigenvalue weighted by atomic mass is 16.2. The molecule has 0 bridgehead atoms. The molecule has 2 rings (SSSR count). The summed E-state index contributed by atoms with van der Waals surface area (Å²) in [5.74, 6) is -0.0140. The van der Waals surface area contributed by atoms with Crippen molar-refractivity contribution < 1.29 is 9.90 Å². The van der Waals surface area contributed by atoms with Crippen molar-refractivity contribution in [3.8, 4) is 0 Å². The molecule has 0 heterocycles. The molecule has 0 fully saturated rings. The number of rotatable bonds is 6. The number of carbonyl (C=O) groups is 1. The summed E-state index contributed by atoms with van der Waals surface area (Å²) in [6, 6.07) is 15.8. The Morgan fingerprint density at radius 2 is 1.86 bits per heavy atom. The fourth-order valence-corrected chi connectivity index (χ4v) is 2.30. The number of hydrogen-bond donors (Lipinski definition) is 2. The third kappa shape index (κ3) is 5.04. The topological polar surface area (TPSA) is 49.3 Å². The van der Waals surface area contributed by atoms with Crippen molar-refractivity contribution in [2.75, 3.05) is 11.9 Å². The van der Waals surface area contributed by atoms with Crippen LogP contribution >= 0.6 is 0 Å². The Labute approximate surface area is 125 Å². The average molecular weight is 283 g/mol. The lowest BCUT2D eigenvalue weighted by molar-refractivity contribution is -0.115. The molecular weight excluding hydrogens is 262 g/mol. The van der Waals surface area contributed by atoms with Crippen molar-refractivity contribution >= 4 is 11.6 Å². The minimum absolute atomic E-state index is 0.0140. The first-order valence-electron chi connectivity index (χ1n) is 7.22. The number of anilines is 1. The molecule has 0 saturated heterocycles. The van der Waals surface area contributed by atoms with E-state index in [1.807, 2.05) is 55.5 Å². The van der Waals surface area contributed by atoms with Gasteiger partial charge in [-0.1, -0.05) is 42.0 Å². The second-order valence-corrected chi connectivity index (χ2v) is 5.24. The molecule has 0 aromatic heterocycles. The van der Waals surface area contributed by atoms with Crippen LogP contribution in [0.3, 0.4) is 0 Å². The van der Waals surface area contributed by atoms with Gasteiger partial charge in [-0.15, -0.1) is 0 Å². The van der Waals surface area contributed by atoms with Crippen molar-refractivity contribution in [2.24, 2.45) is 0 Å². The van der Waals surface area contributed by atoms with E-state index in [-0.39, 0.29) is 12.5 Å². The summed E-state index contributed by atoms with van der Waals surface area (Å²) in [5.41, 5.74) is 4.11. The number of aryl methyl sites for hydroxylation is 2. The number of carbonyl (C=O) groups excluding carboxylic acids is 1. The van der Waals surface area contributed by atoms with Gasteiger partial charge in [0.15, 0.2) is 0 Å². The fourth-order valence-electron chi connectivity index (χ4n) is 2.30. The van der Waals surface area contributed by atoms with Crippen molar-refractivity contribution in [1.82, 2.24) is 0 Å². The zero-order chi connectivity index (χ0) is 15.1. The van der Waals surface area contributed by atoms with Crippen LogP contribution < -0.4 is 5.32 Å². The van der Waals surface area contributed by atoms with Gasteiger partial charge < -0.3 is 10.4 Å². The van der Waals surface area contributed by atoms with Crippen molar-refractivity contribution in [2.45, 2.75) is 26.2 Å². The third-order valence-corrected chi connectivity index (χ3v) is 3.28. The molecule has 3 nitrogen and oxygen atoms in total. The van der Waals surface area contributed by atoms with Crippen LogP contribution in [0.25, 0.3) is 0 Å². The lowest BCUT2D eigenvalue weighted by atomic mass is 10.1. The molecule has 2 aromatic rings. The van der Waals surface area contributed by atoms with E-state index in [4.69, 9.17) is 5.11 Å². The van der Waals surface area contributed by atoms with Gasteiger partial charge in [-0.25, -0.2) is 0 Å². The quantitative estimate of drug-likeness (QED) is 0.856. The number of aliphatic hydroxyl groups is 1. The molecule has 0 atom stereocenters. The van der Waals surface area contributed by atoms with Gasteiger partial charge in [-0.2, -0.15) is 0 Å². The lowest BCUT2D eigenvalue weighted by Crippen LogP contribution is -2.14. The van der Waals surface area contributed by atoms with E-state index in [1.54, 1.807) is 0 Å². The number of hydrogen-bond acceptors (Lipinski definition) is 2. The van der Waals surface area contributed by atoms with Crippen molar-refractivity contribution in [3.63, 3.8) is 0 Å². The average Bonchev–Trinajstić information content (AvgIpc) is 2.45. The molecule has 0 aliphatic carbocycles. The van der Waals surface area contributed by atoms with Gasteiger partial charge in [0.05, 0.1) is 6.42 Å². The first-order chi connectivity index (χ1) is 10.2. The smallest absolute Gasteiger partial charge is 0.228 e. The second-order valence-electron chi connectivity index (χ2n) is 5.24. The van der Waals surface area contributed by atoms with Crippen molar-refractivity contribution in [1.29, 1.82) is 0 Å². The van der Waals surface area contributed by atoms with Crippen LogP contribution in [-0.2, 0) is 17.6 Å². The Balaban J connectivity index is 1.96. The highest BCUT2D eigenvalue weighted by molar-refractivity contribution is 5.92. The van der Waals surface area contributed by atoms with Crippen LogP contribution in [-0.4, -0.2) is 17.6 Å². The van der Waals surface area contributed by atoms with E-state index in [2.05, 4.69) is 5.32 Å².